The highest BCUT2D eigenvalue weighted by Gasteiger charge is 2.17. The van der Waals surface area contributed by atoms with Gasteiger partial charge in [-0.2, -0.15) is 10.5 Å². The van der Waals surface area contributed by atoms with E-state index in [0.29, 0.717) is 13.1 Å². The van der Waals surface area contributed by atoms with Gasteiger partial charge in [0.15, 0.2) is 5.16 Å². The zero-order chi connectivity index (χ0) is 19.8. The molecule has 0 atom stereocenters. The summed E-state index contributed by atoms with van der Waals surface area (Å²) in [6, 6.07) is 21.9. The number of thioether (sulfide) groups is 1. The van der Waals surface area contributed by atoms with Crippen molar-refractivity contribution in [1.29, 1.82) is 10.5 Å². The number of imidazole rings is 1. The van der Waals surface area contributed by atoms with Crippen molar-refractivity contribution in [2.45, 2.75) is 18.0 Å². The van der Waals surface area contributed by atoms with Crippen LogP contribution >= 0.6 is 11.8 Å². The fourth-order valence-electron chi connectivity index (χ4n) is 2.88. The maximum Gasteiger partial charge on any atom is 0.233 e. The van der Waals surface area contributed by atoms with Crippen molar-refractivity contribution in [2.24, 2.45) is 0 Å². The Kier molecular flexibility index (Phi) is 6.67. The van der Waals surface area contributed by atoms with Crippen molar-refractivity contribution >= 4 is 28.7 Å². The van der Waals surface area contributed by atoms with Crippen LogP contribution in [0.15, 0.2) is 59.8 Å². The molecule has 0 unspecified atom stereocenters. The van der Waals surface area contributed by atoms with Crippen molar-refractivity contribution in [3.05, 3.63) is 54.6 Å². The van der Waals surface area contributed by atoms with E-state index in [4.69, 9.17) is 15.5 Å². The standard InChI is InChI=1S/C21H19N5OS/c22-12-6-14-25(15-7-13-23)20(27)16-28-21-24-18-10-4-5-11-19(18)26(21)17-8-2-1-3-9-17/h1-5,8-11H,6-7,14-16H2. The molecule has 0 aliphatic carbocycles. The SMILES string of the molecule is N#CCCN(CCC#N)C(=O)CSc1nc2ccccc2n1-c1ccccc1. The van der Waals surface area contributed by atoms with Crippen LogP contribution in [0.1, 0.15) is 12.8 Å². The Morgan fingerprint density at radius 2 is 1.64 bits per heavy atom. The van der Waals surface area contributed by atoms with E-state index in [0.717, 1.165) is 21.9 Å². The monoisotopic (exact) mass is 389 g/mol. The molecule has 6 nitrogen and oxygen atoms in total. The topological polar surface area (TPSA) is 85.7 Å². The Bertz CT molecular complexity index is 1010. The van der Waals surface area contributed by atoms with Crippen molar-refractivity contribution < 1.29 is 4.79 Å². The van der Waals surface area contributed by atoms with E-state index < -0.39 is 0 Å². The highest BCUT2D eigenvalue weighted by Crippen LogP contribution is 2.28. The predicted molar refractivity (Wildman–Crippen MR) is 109 cm³/mol. The van der Waals surface area contributed by atoms with Gasteiger partial charge in [0.05, 0.1) is 41.8 Å². The summed E-state index contributed by atoms with van der Waals surface area (Å²) in [4.78, 5) is 18.9. The molecule has 1 heterocycles. The van der Waals surface area contributed by atoms with Crippen molar-refractivity contribution in [2.75, 3.05) is 18.8 Å². The predicted octanol–water partition coefficient (Wildman–Crippen LogP) is 3.77. The summed E-state index contributed by atoms with van der Waals surface area (Å²) in [6.45, 7) is 0.680. The number of para-hydroxylation sites is 3. The second-order valence-electron chi connectivity index (χ2n) is 6.04. The molecule has 140 valence electrons. The number of carbonyl (C=O) groups excluding carboxylic acids is 1. The number of hydrogen-bond acceptors (Lipinski definition) is 5. The molecule has 0 fully saturated rings. The molecule has 2 aromatic carbocycles. The molecule has 7 heteroatoms. The van der Waals surface area contributed by atoms with Gasteiger partial charge in [-0.3, -0.25) is 9.36 Å². The summed E-state index contributed by atoms with van der Waals surface area (Å²) < 4.78 is 2.04. The molecule has 0 aliphatic rings. The van der Waals surface area contributed by atoms with E-state index in [1.54, 1.807) is 4.90 Å². The third-order valence-corrected chi connectivity index (χ3v) is 5.13. The molecule has 3 aromatic rings. The average molecular weight is 389 g/mol. The summed E-state index contributed by atoms with van der Waals surface area (Å²) in [5, 5.41) is 18.3. The molecule has 0 spiro atoms. The Balaban J connectivity index is 1.83. The van der Waals surface area contributed by atoms with E-state index in [1.165, 1.54) is 11.8 Å². The molecule has 0 aliphatic heterocycles. The van der Waals surface area contributed by atoms with Gasteiger partial charge >= 0.3 is 0 Å². The van der Waals surface area contributed by atoms with Gasteiger partial charge in [0, 0.05) is 18.8 Å². The van der Waals surface area contributed by atoms with Crippen LogP contribution in [-0.2, 0) is 4.79 Å². The van der Waals surface area contributed by atoms with Crippen molar-refractivity contribution in [3.63, 3.8) is 0 Å². The summed E-state index contributed by atoms with van der Waals surface area (Å²) in [5.41, 5.74) is 2.83. The smallest absolute Gasteiger partial charge is 0.233 e. The van der Waals surface area contributed by atoms with Crippen LogP contribution in [0.3, 0.4) is 0 Å². The second kappa shape index (κ2) is 9.59. The van der Waals surface area contributed by atoms with Crippen LogP contribution in [0.5, 0.6) is 0 Å². The first-order valence-electron chi connectivity index (χ1n) is 8.92. The lowest BCUT2D eigenvalue weighted by Crippen LogP contribution is -2.34. The van der Waals surface area contributed by atoms with E-state index in [1.807, 2.05) is 59.2 Å². The summed E-state index contributed by atoms with van der Waals surface area (Å²) >= 11 is 1.37. The van der Waals surface area contributed by atoms with Gasteiger partial charge < -0.3 is 4.90 Å². The highest BCUT2D eigenvalue weighted by atomic mass is 32.2. The van der Waals surface area contributed by atoms with Crippen LogP contribution in [0.2, 0.25) is 0 Å². The summed E-state index contributed by atoms with van der Waals surface area (Å²) in [7, 11) is 0. The minimum absolute atomic E-state index is 0.0952. The number of nitrogens with zero attached hydrogens (tertiary/aromatic N) is 5. The number of carbonyl (C=O) groups is 1. The normalized spacial score (nSPS) is 10.4. The van der Waals surface area contributed by atoms with Gasteiger partial charge in [-0.15, -0.1) is 0 Å². The third-order valence-electron chi connectivity index (χ3n) is 4.21. The molecule has 3 rings (SSSR count). The molecule has 0 saturated heterocycles. The molecule has 0 radical (unpaired) electrons. The number of rotatable bonds is 8. The average Bonchev–Trinajstić information content (AvgIpc) is 3.11. The molecule has 1 aromatic heterocycles. The minimum Gasteiger partial charge on any atom is -0.340 e. The first-order chi connectivity index (χ1) is 13.7. The first kappa shape index (κ1) is 19.5. The van der Waals surface area contributed by atoms with Crippen LogP contribution < -0.4 is 0 Å². The quantitative estimate of drug-likeness (QED) is 0.547. The van der Waals surface area contributed by atoms with E-state index >= 15 is 0 Å². The number of nitriles is 2. The molecule has 28 heavy (non-hydrogen) atoms. The van der Waals surface area contributed by atoms with Crippen LogP contribution in [0, 0.1) is 22.7 Å². The van der Waals surface area contributed by atoms with Crippen LogP contribution in [0.25, 0.3) is 16.7 Å². The maximum atomic E-state index is 12.6. The number of hydrogen-bond donors (Lipinski definition) is 0. The molecule has 1 amide bonds. The Labute approximate surface area is 168 Å². The molecule has 0 N–H and O–H groups in total. The molecular weight excluding hydrogens is 370 g/mol. The number of fused-ring (bicyclic) bond motifs is 1. The van der Waals surface area contributed by atoms with Gasteiger partial charge in [-0.05, 0) is 24.3 Å². The van der Waals surface area contributed by atoms with E-state index in [9.17, 15) is 4.79 Å². The highest BCUT2D eigenvalue weighted by molar-refractivity contribution is 7.99. The zero-order valence-electron chi connectivity index (χ0n) is 15.3. The van der Waals surface area contributed by atoms with E-state index in [-0.39, 0.29) is 24.5 Å². The van der Waals surface area contributed by atoms with Gasteiger partial charge in [0.1, 0.15) is 0 Å². The van der Waals surface area contributed by atoms with E-state index in [2.05, 4.69) is 12.1 Å². The van der Waals surface area contributed by atoms with Gasteiger partial charge in [-0.1, -0.05) is 42.1 Å². The number of aromatic nitrogens is 2. The summed E-state index contributed by atoms with van der Waals surface area (Å²) in [5.74, 6) is 0.106. The fourth-order valence-corrected chi connectivity index (χ4v) is 3.81. The largest absolute Gasteiger partial charge is 0.340 e. The lowest BCUT2D eigenvalue weighted by molar-refractivity contribution is -0.128. The number of amides is 1. The minimum atomic E-state index is -0.0952. The lowest BCUT2D eigenvalue weighted by Gasteiger charge is -2.20. The van der Waals surface area contributed by atoms with Gasteiger partial charge in [0.25, 0.3) is 0 Å². The first-order valence-corrected chi connectivity index (χ1v) is 9.90. The Hall–Kier alpha value is -3.29. The Morgan fingerprint density at radius 3 is 2.32 bits per heavy atom. The number of benzene rings is 2. The Morgan fingerprint density at radius 1 is 1.00 bits per heavy atom. The second-order valence-corrected chi connectivity index (χ2v) is 6.98. The van der Waals surface area contributed by atoms with Crippen molar-refractivity contribution in [3.8, 4) is 17.8 Å². The summed E-state index contributed by atoms with van der Waals surface area (Å²) in [6.07, 6.45) is 0.509. The lowest BCUT2D eigenvalue weighted by atomic mass is 10.3. The molecular formula is C21H19N5OS. The van der Waals surface area contributed by atoms with Crippen LogP contribution in [0.4, 0.5) is 0 Å². The van der Waals surface area contributed by atoms with Gasteiger partial charge in [0.2, 0.25) is 5.91 Å². The zero-order valence-corrected chi connectivity index (χ0v) is 16.1. The third kappa shape index (κ3) is 4.51. The fraction of sp³-hybridized carbons (Fsp3) is 0.238. The van der Waals surface area contributed by atoms with Gasteiger partial charge in [-0.25, -0.2) is 4.98 Å². The molecule has 0 saturated carbocycles. The maximum absolute atomic E-state index is 12.6. The molecule has 0 bridgehead atoms. The van der Waals surface area contributed by atoms with Crippen molar-refractivity contribution in [1.82, 2.24) is 14.5 Å². The van der Waals surface area contributed by atoms with Crippen LogP contribution in [-0.4, -0.2) is 39.2 Å².